The van der Waals surface area contributed by atoms with Crippen molar-refractivity contribution in [3.05, 3.63) is 64.7 Å². The average Bonchev–Trinajstić information content (AvgIpc) is 2.68. The van der Waals surface area contributed by atoms with Gasteiger partial charge in [0.05, 0.1) is 6.21 Å². The maximum atomic E-state index is 11.7. The van der Waals surface area contributed by atoms with Gasteiger partial charge in [0.15, 0.2) is 0 Å². The maximum Gasteiger partial charge on any atom is 0.240 e. The summed E-state index contributed by atoms with van der Waals surface area (Å²) in [5.41, 5.74) is 4.41. The van der Waals surface area contributed by atoms with Gasteiger partial charge < -0.3 is 4.74 Å². The molecule has 2 rings (SSSR count). The molecule has 0 aromatic heterocycles. The molecule has 1 amide bonds. The first-order valence-electron chi connectivity index (χ1n) is 9.47. The summed E-state index contributed by atoms with van der Waals surface area (Å²) >= 11 is 6.12. The van der Waals surface area contributed by atoms with Gasteiger partial charge in [0, 0.05) is 17.0 Å². The zero-order valence-corrected chi connectivity index (χ0v) is 16.5. The average molecular weight is 387 g/mol. The lowest BCUT2D eigenvalue weighted by atomic mass is 10.1. The molecule has 27 heavy (non-hydrogen) atoms. The molecule has 0 bridgehead atoms. The topological polar surface area (TPSA) is 50.7 Å². The fourth-order valence-electron chi connectivity index (χ4n) is 2.55. The number of nitrogens with zero attached hydrogens (tertiary/aromatic N) is 1. The van der Waals surface area contributed by atoms with Crippen molar-refractivity contribution in [3.63, 3.8) is 0 Å². The third kappa shape index (κ3) is 8.27. The van der Waals surface area contributed by atoms with Crippen molar-refractivity contribution in [1.82, 2.24) is 5.43 Å². The Morgan fingerprint density at radius 3 is 2.56 bits per heavy atom. The Morgan fingerprint density at radius 2 is 1.81 bits per heavy atom. The normalized spacial score (nSPS) is 10.9. The minimum Gasteiger partial charge on any atom is -0.489 e. The summed E-state index contributed by atoms with van der Waals surface area (Å²) < 4.78 is 5.74. The van der Waals surface area contributed by atoms with Crippen molar-refractivity contribution in [1.29, 1.82) is 0 Å². The van der Waals surface area contributed by atoms with Crippen LogP contribution in [0.5, 0.6) is 5.75 Å². The first-order chi connectivity index (χ1) is 13.2. The van der Waals surface area contributed by atoms with Crippen molar-refractivity contribution < 1.29 is 9.53 Å². The summed E-state index contributed by atoms with van der Waals surface area (Å²) in [6.07, 6.45) is 7.80. The zero-order chi connectivity index (χ0) is 19.3. The molecule has 0 aliphatic heterocycles. The van der Waals surface area contributed by atoms with E-state index in [0.717, 1.165) is 29.7 Å². The number of nitrogens with one attached hydrogen (secondary N) is 1. The van der Waals surface area contributed by atoms with Crippen LogP contribution in [0.4, 0.5) is 0 Å². The lowest BCUT2D eigenvalue weighted by Crippen LogP contribution is -2.16. The Labute approximate surface area is 166 Å². The second-order valence-electron chi connectivity index (χ2n) is 6.41. The molecule has 0 heterocycles. The summed E-state index contributed by atoms with van der Waals surface area (Å²) in [6.45, 7) is 2.60. The van der Waals surface area contributed by atoms with Gasteiger partial charge in [-0.05, 0) is 42.3 Å². The van der Waals surface area contributed by atoms with E-state index in [1.807, 2.05) is 48.5 Å². The van der Waals surface area contributed by atoms with E-state index in [4.69, 9.17) is 16.3 Å². The molecule has 1 N–H and O–H groups in total. The first-order valence-corrected chi connectivity index (χ1v) is 9.85. The zero-order valence-electron chi connectivity index (χ0n) is 15.8. The predicted octanol–water partition coefficient (Wildman–Crippen LogP) is 5.73. The van der Waals surface area contributed by atoms with Gasteiger partial charge in [-0.2, -0.15) is 5.10 Å². The number of hydrogen-bond acceptors (Lipinski definition) is 3. The van der Waals surface area contributed by atoms with Gasteiger partial charge in [0.25, 0.3) is 0 Å². The number of carbonyl (C=O) groups excluding carboxylic acids is 1. The van der Waals surface area contributed by atoms with E-state index in [1.54, 1.807) is 6.21 Å². The minimum atomic E-state index is -0.0394. The monoisotopic (exact) mass is 386 g/mol. The Kier molecular flexibility index (Phi) is 9.42. The maximum absolute atomic E-state index is 11.7. The summed E-state index contributed by atoms with van der Waals surface area (Å²) in [7, 11) is 0. The molecule has 0 fully saturated rings. The van der Waals surface area contributed by atoms with Gasteiger partial charge in [-0.25, -0.2) is 5.43 Å². The van der Waals surface area contributed by atoms with Crippen molar-refractivity contribution in [2.45, 2.75) is 52.1 Å². The summed E-state index contributed by atoms with van der Waals surface area (Å²) in [5.74, 6) is 0.714. The fourth-order valence-corrected chi connectivity index (χ4v) is 2.74. The van der Waals surface area contributed by atoms with E-state index >= 15 is 0 Å². The molecule has 2 aromatic rings. The standard InChI is InChI=1S/C22H27ClN2O2/c1-2-3-4-5-6-11-22(26)25-24-16-18-12-14-20(15-13-18)27-17-19-9-7-8-10-21(19)23/h7-10,12-16H,2-6,11,17H2,1H3,(H,25,26)/b24-16+. The number of hydrazone groups is 1. The molecule has 0 aliphatic carbocycles. The number of amides is 1. The van der Waals surface area contributed by atoms with E-state index in [2.05, 4.69) is 17.5 Å². The fraction of sp³-hybridized carbons (Fsp3) is 0.364. The smallest absolute Gasteiger partial charge is 0.240 e. The van der Waals surface area contributed by atoms with Crippen LogP contribution >= 0.6 is 11.6 Å². The van der Waals surface area contributed by atoms with Gasteiger partial charge in [0.2, 0.25) is 5.91 Å². The third-order valence-electron chi connectivity index (χ3n) is 4.14. The molecule has 4 nitrogen and oxygen atoms in total. The molecule has 0 saturated heterocycles. The molecule has 5 heteroatoms. The summed E-state index contributed by atoms with van der Waals surface area (Å²) in [6, 6.07) is 15.1. The minimum absolute atomic E-state index is 0.0394. The molecule has 0 unspecified atom stereocenters. The van der Waals surface area contributed by atoms with E-state index < -0.39 is 0 Å². The van der Waals surface area contributed by atoms with Crippen LogP contribution in [0.2, 0.25) is 5.02 Å². The number of halogens is 1. The van der Waals surface area contributed by atoms with Gasteiger partial charge in [-0.3, -0.25) is 4.79 Å². The van der Waals surface area contributed by atoms with Gasteiger partial charge in [-0.1, -0.05) is 62.4 Å². The first kappa shape index (κ1) is 21.0. The lowest BCUT2D eigenvalue weighted by Gasteiger charge is -2.07. The molecule has 2 aromatic carbocycles. The second kappa shape index (κ2) is 12.1. The lowest BCUT2D eigenvalue weighted by molar-refractivity contribution is -0.121. The van der Waals surface area contributed by atoms with E-state index in [0.29, 0.717) is 18.1 Å². The van der Waals surface area contributed by atoms with Crippen molar-refractivity contribution >= 4 is 23.7 Å². The molecule has 0 spiro atoms. The number of rotatable bonds is 11. The van der Waals surface area contributed by atoms with Crippen molar-refractivity contribution in [2.24, 2.45) is 5.10 Å². The highest BCUT2D eigenvalue weighted by Crippen LogP contribution is 2.18. The summed E-state index contributed by atoms with van der Waals surface area (Å²) in [4.78, 5) is 11.7. The van der Waals surface area contributed by atoms with E-state index in [1.165, 1.54) is 19.3 Å². The van der Waals surface area contributed by atoms with E-state index in [-0.39, 0.29) is 5.91 Å². The molecular weight excluding hydrogens is 360 g/mol. The SMILES string of the molecule is CCCCCCCC(=O)N/N=C/c1ccc(OCc2ccccc2Cl)cc1. The Bertz CT molecular complexity index is 729. The Morgan fingerprint density at radius 1 is 1.07 bits per heavy atom. The number of hydrogen-bond donors (Lipinski definition) is 1. The van der Waals surface area contributed by atoms with Crippen molar-refractivity contribution in [3.8, 4) is 5.75 Å². The van der Waals surface area contributed by atoms with Gasteiger partial charge in [-0.15, -0.1) is 0 Å². The second-order valence-corrected chi connectivity index (χ2v) is 6.81. The van der Waals surface area contributed by atoms with Crippen LogP contribution in [0.15, 0.2) is 53.6 Å². The van der Waals surface area contributed by atoms with Crippen LogP contribution < -0.4 is 10.2 Å². The van der Waals surface area contributed by atoms with Gasteiger partial charge in [0.1, 0.15) is 12.4 Å². The van der Waals surface area contributed by atoms with Gasteiger partial charge >= 0.3 is 0 Å². The van der Waals surface area contributed by atoms with Crippen LogP contribution in [0.1, 0.15) is 56.6 Å². The number of benzene rings is 2. The number of unbranched alkanes of at least 4 members (excludes halogenated alkanes) is 4. The molecule has 0 radical (unpaired) electrons. The summed E-state index contributed by atoms with van der Waals surface area (Å²) in [5, 5.41) is 4.71. The molecule has 0 atom stereocenters. The van der Waals surface area contributed by atoms with Crippen LogP contribution in [-0.4, -0.2) is 12.1 Å². The number of carbonyl (C=O) groups is 1. The molecular formula is C22H27ClN2O2. The number of ether oxygens (including phenoxy) is 1. The highest BCUT2D eigenvalue weighted by atomic mass is 35.5. The Hall–Kier alpha value is -2.33. The van der Waals surface area contributed by atoms with Crippen LogP contribution in [0.25, 0.3) is 0 Å². The largest absolute Gasteiger partial charge is 0.489 e. The molecule has 0 saturated carbocycles. The Balaban J connectivity index is 1.71. The quantitative estimate of drug-likeness (QED) is 0.304. The third-order valence-corrected chi connectivity index (χ3v) is 4.51. The van der Waals surface area contributed by atoms with Crippen LogP contribution in [0, 0.1) is 0 Å². The predicted molar refractivity (Wildman–Crippen MR) is 111 cm³/mol. The highest BCUT2D eigenvalue weighted by Gasteiger charge is 2.01. The van der Waals surface area contributed by atoms with Crippen molar-refractivity contribution in [2.75, 3.05) is 0 Å². The highest BCUT2D eigenvalue weighted by molar-refractivity contribution is 6.31. The van der Waals surface area contributed by atoms with Crippen LogP contribution in [-0.2, 0) is 11.4 Å². The molecule has 144 valence electrons. The van der Waals surface area contributed by atoms with E-state index in [9.17, 15) is 4.79 Å². The molecule has 0 aliphatic rings. The van der Waals surface area contributed by atoms with Crippen LogP contribution in [0.3, 0.4) is 0 Å².